The quantitative estimate of drug-likeness (QED) is 0.695. The number of nitrogens with zero attached hydrogens (tertiary/aromatic N) is 3. The molecule has 0 bridgehead atoms. The normalized spacial score (nSPS) is 19.8. The molecule has 1 fully saturated rings. The van der Waals surface area contributed by atoms with Gasteiger partial charge in [-0.15, -0.1) is 10.2 Å². The SMILES string of the molecule is C[C@H](Sc1nnc(NC[C@@H]2CCCO2)s1)C(=O)N1CC(=O)Nc2ccccc21. The fourth-order valence-corrected chi connectivity index (χ4v) is 5.15. The third-order valence-electron chi connectivity index (χ3n) is 4.57. The van der Waals surface area contributed by atoms with Gasteiger partial charge in [0, 0.05) is 13.2 Å². The van der Waals surface area contributed by atoms with Gasteiger partial charge in [0.1, 0.15) is 6.54 Å². The molecule has 0 radical (unpaired) electrons. The van der Waals surface area contributed by atoms with E-state index in [1.165, 1.54) is 28.0 Å². The van der Waals surface area contributed by atoms with Gasteiger partial charge in [-0.2, -0.15) is 0 Å². The summed E-state index contributed by atoms with van der Waals surface area (Å²) in [6.07, 6.45) is 2.39. The number of para-hydroxylation sites is 2. The lowest BCUT2D eigenvalue weighted by Crippen LogP contribution is -2.45. The molecule has 1 saturated heterocycles. The Labute approximate surface area is 171 Å². The lowest BCUT2D eigenvalue weighted by molar-refractivity contribution is -0.121. The van der Waals surface area contributed by atoms with Crippen molar-refractivity contribution in [2.75, 3.05) is 35.2 Å². The van der Waals surface area contributed by atoms with E-state index < -0.39 is 5.25 Å². The van der Waals surface area contributed by atoms with Gasteiger partial charge in [-0.05, 0) is 31.9 Å². The lowest BCUT2D eigenvalue weighted by atomic mass is 10.2. The van der Waals surface area contributed by atoms with Gasteiger partial charge in [0.15, 0.2) is 4.34 Å². The number of thioether (sulfide) groups is 1. The third kappa shape index (κ3) is 4.29. The predicted octanol–water partition coefficient (Wildman–Crippen LogP) is 2.59. The van der Waals surface area contributed by atoms with E-state index in [1.54, 1.807) is 6.07 Å². The van der Waals surface area contributed by atoms with Crippen LogP contribution in [0.1, 0.15) is 19.8 Å². The minimum absolute atomic E-state index is 0.0189. The van der Waals surface area contributed by atoms with E-state index in [0.29, 0.717) is 16.6 Å². The fourth-order valence-electron chi connectivity index (χ4n) is 3.19. The minimum atomic E-state index is -0.391. The van der Waals surface area contributed by atoms with E-state index in [9.17, 15) is 9.59 Å². The Kier molecular flexibility index (Phi) is 5.79. The Morgan fingerprint density at radius 2 is 2.32 bits per heavy atom. The van der Waals surface area contributed by atoms with Crippen molar-refractivity contribution in [3.63, 3.8) is 0 Å². The van der Waals surface area contributed by atoms with Gasteiger partial charge in [-0.25, -0.2) is 0 Å². The summed E-state index contributed by atoms with van der Waals surface area (Å²) in [5.74, 6) is -0.322. The van der Waals surface area contributed by atoms with Crippen molar-refractivity contribution in [2.45, 2.75) is 35.5 Å². The Hall–Kier alpha value is -2.17. The summed E-state index contributed by atoms with van der Waals surface area (Å²) in [6.45, 7) is 3.38. The zero-order chi connectivity index (χ0) is 19.5. The summed E-state index contributed by atoms with van der Waals surface area (Å²) in [5.41, 5.74) is 1.37. The Balaban J connectivity index is 1.38. The van der Waals surface area contributed by atoms with E-state index in [2.05, 4.69) is 20.8 Å². The highest BCUT2D eigenvalue weighted by Crippen LogP contribution is 2.34. The summed E-state index contributed by atoms with van der Waals surface area (Å²) >= 11 is 2.77. The number of anilines is 3. The smallest absolute Gasteiger partial charge is 0.244 e. The van der Waals surface area contributed by atoms with Crippen LogP contribution in [0.4, 0.5) is 16.5 Å². The van der Waals surface area contributed by atoms with Crippen LogP contribution in [0.2, 0.25) is 0 Å². The van der Waals surface area contributed by atoms with E-state index >= 15 is 0 Å². The van der Waals surface area contributed by atoms with E-state index in [1.807, 2.05) is 25.1 Å². The van der Waals surface area contributed by atoms with Crippen molar-refractivity contribution in [3.05, 3.63) is 24.3 Å². The van der Waals surface area contributed by atoms with Crippen LogP contribution >= 0.6 is 23.1 Å². The fraction of sp³-hybridized carbons (Fsp3) is 0.444. The van der Waals surface area contributed by atoms with E-state index in [-0.39, 0.29) is 24.5 Å². The zero-order valence-corrected chi connectivity index (χ0v) is 17.0. The predicted molar refractivity (Wildman–Crippen MR) is 110 cm³/mol. The minimum Gasteiger partial charge on any atom is -0.376 e. The third-order valence-corrected chi connectivity index (χ3v) is 6.63. The number of hydrogen-bond acceptors (Lipinski definition) is 8. The molecular weight excluding hydrogens is 398 g/mol. The van der Waals surface area contributed by atoms with Crippen LogP contribution in [0.3, 0.4) is 0 Å². The molecule has 0 spiro atoms. The molecule has 0 saturated carbocycles. The monoisotopic (exact) mass is 419 g/mol. The first-order valence-corrected chi connectivity index (χ1v) is 10.9. The molecule has 4 rings (SSSR count). The van der Waals surface area contributed by atoms with Crippen molar-refractivity contribution >= 4 is 51.4 Å². The van der Waals surface area contributed by atoms with Gasteiger partial charge < -0.3 is 15.4 Å². The van der Waals surface area contributed by atoms with Gasteiger partial charge >= 0.3 is 0 Å². The molecule has 148 valence electrons. The van der Waals surface area contributed by atoms with Crippen LogP contribution in [-0.2, 0) is 14.3 Å². The van der Waals surface area contributed by atoms with Crippen molar-refractivity contribution in [2.24, 2.45) is 0 Å². The average molecular weight is 420 g/mol. The Bertz CT molecular complexity index is 868. The highest BCUT2D eigenvalue weighted by Gasteiger charge is 2.30. The molecule has 2 atom stereocenters. The second kappa shape index (κ2) is 8.46. The molecule has 28 heavy (non-hydrogen) atoms. The van der Waals surface area contributed by atoms with Gasteiger partial charge in [0.25, 0.3) is 0 Å². The number of benzene rings is 1. The number of aromatic nitrogens is 2. The van der Waals surface area contributed by atoms with Crippen molar-refractivity contribution in [1.29, 1.82) is 0 Å². The van der Waals surface area contributed by atoms with Gasteiger partial charge in [0.05, 0.1) is 22.7 Å². The highest BCUT2D eigenvalue weighted by atomic mass is 32.2. The maximum Gasteiger partial charge on any atom is 0.244 e. The topological polar surface area (TPSA) is 96.5 Å². The van der Waals surface area contributed by atoms with Crippen molar-refractivity contribution in [1.82, 2.24) is 10.2 Å². The molecule has 10 heteroatoms. The van der Waals surface area contributed by atoms with Crippen molar-refractivity contribution in [3.8, 4) is 0 Å². The number of nitrogens with one attached hydrogen (secondary N) is 2. The molecule has 0 aliphatic carbocycles. The zero-order valence-electron chi connectivity index (χ0n) is 15.4. The van der Waals surface area contributed by atoms with Crippen LogP contribution in [-0.4, -0.2) is 53.1 Å². The molecule has 2 amide bonds. The summed E-state index contributed by atoms with van der Waals surface area (Å²) < 4.78 is 6.30. The first-order valence-electron chi connectivity index (χ1n) is 9.16. The number of amides is 2. The van der Waals surface area contributed by atoms with Gasteiger partial charge in [-0.1, -0.05) is 35.2 Å². The summed E-state index contributed by atoms with van der Waals surface area (Å²) in [6, 6.07) is 7.31. The standard InChI is InChI=1S/C18H21N5O3S2/c1-11(16(25)23-10-15(24)20-13-6-2-3-7-14(13)23)27-18-22-21-17(28-18)19-9-12-5-4-8-26-12/h2-3,6-7,11-12H,4-5,8-10H2,1H3,(H,19,21)(H,20,24)/t11-,12-/m0/s1. The molecule has 1 aromatic carbocycles. The first-order chi connectivity index (χ1) is 13.6. The molecule has 1 aromatic heterocycles. The molecule has 3 heterocycles. The molecular formula is C18H21N5O3S2. The Morgan fingerprint density at radius 3 is 3.14 bits per heavy atom. The average Bonchev–Trinajstić information content (AvgIpc) is 3.37. The highest BCUT2D eigenvalue weighted by molar-refractivity contribution is 8.02. The molecule has 2 aliphatic rings. The van der Waals surface area contributed by atoms with Crippen LogP contribution in [0.15, 0.2) is 28.6 Å². The number of hydrogen-bond donors (Lipinski definition) is 2. The number of ether oxygens (including phenoxy) is 1. The van der Waals surface area contributed by atoms with Crippen LogP contribution in [0.25, 0.3) is 0 Å². The molecule has 2 aromatic rings. The van der Waals surface area contributed by atoms with Crippen LogP contribution in [0, 0.1) is 0 Å². The maximum atomic E-state index is 13.0. The summed E-state index contributed by atoms with van der Waals surface area (Å²) in [5, 5.41) is 14.7. The summed E-state index contributed by atoms with van der Waals surface area (Å²) in [4.78, 5) is 26.5. The number of fused-ring (bicyclic) bond motifs is 1. The largest absolute Gasteiger partial charge is 0.376 e. The molecule has 8 nitrogen and oxygen atoms in total. The van der Waals surface area contributed by atoms with Crippen molar-refractivity contribution < 1.29 is 14.3 Å². The second-order valence-corrected chi connectivity index (χ2v) is 9.20. The second-order valence-electron chi connectivity index (χ2n) is 6.64. The van der Waals surface area contributed by atoms with E-state index in [0.717, 1.165) is 30.3 Å². The first kappa shape index (κ1) is 19.2. The molecule has 0 unspecified atom stereocenters. The van der Waals surface area contributed by atoms with Crippen LogP contribution in [0.5, 0.6) is 0 Å². The Morgan fingerprint density at radius 1 is 1.46 bits per heavy atom. The van der Waals surface area contributed by atoms with Crippen LogP contribution < -0.4 is 15.5 Å². The maximum absolute atomic E-state index is 13.0. The van der Waals surface area contributed by atoms with Gasteiger partial charge in [-0.3, -0.25) is 14.5 Å². The molecule has 2 N–H and O–H groups in total. The number of carbonyl (C=O) groups excluding carboxylic acids is 2. The molecule has 2 aliphatic heterocycles. The van der Waals surface area contributed by atoms with Gasteiger partial charge in [0.2, 0.25) is 16.9 Å². The summed E-state index contributed by atoms with van der Waals surface area (Å²) in [7, 11) is 0. The van der Waals surface area contributed by atoms with E-state index in [4.69, 9.17) is 4.74 Å². The number of carbonyl (C=O) groups is 2. The lowest BCUT2D eigenvalue weighted by Gasteiger charge is -2.30. The number of rotatable bonds is 6.